The lowest BCUT2D eigenvalue weighted by molar-refractivity contribution is 0.580. The van der Waals surface area contributed by atoms with E-state index in [1.54, 1.807) is 0 Å². The molecule has 0 radical (unpaired) electrons. The summed E-state index contributed by atoms with van der Waals surface area (Å²) in [6.07, 6.45) is 0. The second-order valence-corrected chi connectivity index (χ2v) is 5.34. The zero-order valence-electron chi connectivity index (χ0n) is 9.43. The summed E-state index contributed by atoms with van der Waals surface area (Å²) in [5, 5.41) is 1.26. The molecule has 0 nitrogen and oxygen atoms in total. The maximum atomic E-state index is 13.8. The van der Waals surface area contributed by atoms with Gasteiger partial charge in [-0.3, -0.25) is 0 Å². The Kier molecular flexibility index (Phi) is 3.50. The molecule has 1 aromatic heterocycles. The first-order valence-electron chi connectivity index (χ1n) is 5.14. The number of aryl methyl sites for hydroxylation is 2. The van der Waals surface area contributed by atoms with Gasteiger partial charge in [0.1, 0.15) is 11.6 Å². The van der Waals surface area contributed by atoms with Gasteiger partial charge in [0.25, 0.3) is 0 Å². The Balaban J connectivity index is 2.48. The molecule has 0 amide bonds. The minimum Gasteiger partial charge on any atom is -0.207 e. The van der Waals surface area contributed by atoms with Crippen molar-refractivity contribution in [3.05, 3.63) is 56.8 Å². The summed E-state index contributed by atoms with van der Waals surface area (Å²) in [4.78, 5) is 0.855. The van der Waals surface area contributed by atoms with Crippen molar-refractivity contribution in [3.8, 4) is 0 Å². The van der Waals surface area contributed by atoms with E-state index in [0.29, 0.717) is 0 Å². The number of thiophene rings is 1. The Morgan fingerprint density at radius 3 is 2.41 bits per heavy atom. The van der Waals surface area contributed by atoms with Gasteiger partial charge in [0.05, 0.1) is 5.38 Å². The molecule has 0 aliphatic rings. The standard InChI is InChI=1S/C13H11ClF2S/c1-7-3-4-17-13(7)12(14)9-6-10(15)8(2)5-11(9)16/h3-6,12H,1-2H3. The van der Waals surface area contributed by atoms with Crippen LogP contribution in [-0.2, 0) is 0 Å². The fourth-order valence-electron chi connectivity index (χ4n) is 1.64. The molecule has 0 spiro atoms. The summed E-state index contributed by atoms with van der Waals surface area (Å²) >= 11 is 7.66. The number of alkyl halides is 1. The zero-order valence-corrected chi connectivity index (χ0v) is 11.0. The SMILES string of the molecule is Cc1cc(F)c(C(Cl)c2sccc2C)cc1F. The highest BCUT2D eigenvalue weighted by Gasteiger charge is 2.19. The first kappa shape index (κ1) is 12.5. The molecule has 1 heterocycles. The molecule has 4 heteroatoms. The zero-order chi connectivity index (χ0) is 12.6. The van der Waals surface area contributed by atoms with Crippen LogP contribution in [0.2, 0.25) is 0 Å². The number of rotatable bonds is 2. The molecule has 0 fully saturated rings. The highest BCUT2D eigenvalue weighted by atomic mass is 35.5. The van der Waals surface area contributed by atoms with Gasteiger partial charge in [-0.2, -0.15) is 0 Å². The van der Waals surface area contributed by atoms with E-state index < -0.39 is 17.0 Å². The Labute approximate surface area is 108 Å². The molecular formula is C13H11ClF2S. The van der Waals surface area contributed by atoms with Gasteiger partial charge < -0.3 is 0 Å². The summed E-state index contributed by atoms with van der Waals surface area (Å²) < 4.78 is 27.2. The minimum absolute atomic E-state index is 0.195. The van der Waals surface area contributed by atoms with Gasteiger partial charge in [-0.1, -0.05) is 0 Å². The predicted octanol–water partition coefficient (Wildman–Crippen LogP) is 4.97. The summed E-state index contributed by atoms with van der Waals surface area (Å²) in [7, 11) is 0. The third kappa shape index (κ3) is 2.35. The van der Waals surface area contributed by atoms with E-state index >= 15 is 0 Å². The van der Waals surface area contributed by atoms with Crippen molar-refractivity contribution in [2.75, 3.05) is 0 Å². The third-order valence-electron chi connectivity index (χ3n) is 2.68. The summed E-state index contributed by atoms with van der Waals surface area (Å²) in [6.45, 7) is 3.44. The number of halogens is 3. The van der Waals surface area contributed by atoms with Gasteiger partial charge in [0, 0.05) is 10.4 Å². The normalized spacial score (nSPS) is 12.8. The van der Waals surface area contributed by atoms with Crippen LogP contribution in [-0.4, -0.2) is 0 Å². The van der Waals surface area contributed by atoms with Gasteiger partial charge in [-0.05, 0) is 48.6 Å². The molecule has 0 saturated heterocycles. The van der Waals surface area contributed by atoms with Crippen molar-refractivity contribution in [3.63, 3.8) is 0 Å². The second kappa shape index (κ2) is 4.75. The Morgan fingerprint density at radius 2 is 1.82 bits per heavy atom. The van der Waals surface area contributed by atoms with Gasteiger partial charge in [-0.25, -0.2) is 8.78 Å². The second-order valence-electron chi connectivity index (χ2n) is 3.95. The van der Waals surface area contributed by atoms with Gasteiger partial charge >= 0.3 is 0 Å². The fraction of sp³-hybridized carbons (Fsp3) is 0.231. The highest BCUT2D eigenvalue weighted by molar-refractivity contribution is 7.10. The molecule has 1 aromatic carbocycles. The molecule has 17 heavy (non-hydrogen) atoms. The van der Waals surface area contributed by atoms with E-state index in [-0.39, 0.29) is 11.1 Å². The van der Waals surface area contributed by atoms with Crippen molar-refractivity contribution in [2.45, 2.75) is 19.2 Å². The van der Waals surface area contributed by atoms with Gasteiger partial charge in [-0.15, -0.1) is 22.9 Å². The van der Waals surface area contributed by atoms with E-state index in [0.717, 1.165) is 10.4 Å². The molecule has 2 aromatic rings. The van der Waals surface area contributed by atoms with Crippen LogP contribution in [0.25, 0.3) is 0 Å². The molecular weight excluding hydrogens is 262 g/mol. The molecule has 90 valence electrons. The van der Waals surface area contributed by atoms with Crippen LogP contribution in [0.4, 0.5) is 8.78 Å². The van der Waals surface area contributed by atoms with Crippen LogP contribution in [0.5, 0.6) is 0 Å². The van der Waals surface area contributed by atoms with Crippen LogP contribution < -0.4 is 0 Å². The molecule has 1 unspecified atom stereocenters. The van der Waals surface area contributed by atoms with E-state index in [1.165, 1.54) is 30.4 Å². The van der Waals surface area contributed by atoms with Gasteiger partial charge in [0.2, 0.25) is 0 Å². The maximum Gasteiger partial charge on any atom is 0.128 e. The van der Waals surface area contributed by atoms with E-state index in [2.05, 4.69) is 0 Å². The third-order valence-corrected chi connectivity index (χ3v) is 4.35. The maximum absolute atomic E-state index is 13.8. The molecule has 1 atom stereocenters. The average molecular weight is 273 g/mol. The molecule has 0 bridgehead atoms. The summed E-state index contributed by atoms with van der Waals surface area (Å²) in [5.41, 5.74) is 1.48. The van der Waals surface area contributed by atoms with E-state index in [1.807, 2.05) is 18.4 Å². The summed E-state index contributed by atoms with van der Waals surface area (Å²) in [6, 6.07) is 4.28. The van der Waals surface area contributed by atoms with Gasteiger partial charge in [0.15, 0.2) is 0 Å². The van der Waals surface area contributed by atoms with Crippen LogP contribution in [0.1, 0.15) is 26.9 Å². The molecule has 0 N–H and O–H groups in total. The Morgan fingerprint density at radius 1 is 1.12 bits per heavy atom. The monoisotopic (exact) mass is 272 g/mol. The van der Waals surface area contributed by atoms with Crippen molar-refractivity contribution in [2.24, 2.45) is 0 Å². The number of hydrogen-bond donors (Lipinski definition) is 0. The first-order chi connectivity index (χ1) is 8.00. The van der Waals surface area contributed by atoms with Crippen LogP contribution >= 0.6 is 22.9 Å². The summed E-state index contributed by atoms with van der Waals surface area (Å²) in [5.74, 6) is -0.891. The van der Waals surface area contributed by atoms with Crippen molar-refractivity contribution >= 4 is 22.9 Å². The van der Waals surface area contributed by atoms with E-state index in [4.69, 9.17) is 11.6 Å². The lowest BCUT2D eigenvalue weighted by atomic mass is 10.1. The fourth-order valence-corrected chi connectivity index (χ4v) is 3.05. The molecule has 2 rings (SSSR count). The number of hydrogen-bond acceptors (Lipinski definition) is 1. The van der Waals surface area contributed by atoms with Crippen LogP contribution in [0, 0.1) is 25.5 Å². The smallest absolute Gasteiger partial charge is 0.128 e. The first-order valence-corrected chi connectivity index (χ1v) is 6.46. The quantitative estimate of drug-likeness (QED) is 0.677. The van der Waals surface area contributed by atoms with E-state index in [9.17, 15) is 8.78 Å². The Hall–Kier alpha value is -0.930. The molecule has 0 aliphatic heterocycles. The average Bonchev–Trinajstić information content (AvgIpc) is 2.69. The minimum atomic E-state index is -0.634. The number of benzene rings is 1. The Bertz CT molecular complexity index is 548. The van der Waals surface area contributed by atoms with Crippen LogP contribution in [0.15, 0.2) is 23.6 Å². The lowest BCUT2D eigenvalue weighted by Gasteiger charge is -2.11. The van der Waals surface area contributed by atoms with Crippen molar-refractivity contribution in [1.29, 1.82) is 0 Å². The van der Waals surface area contributed by atoms with Crippen LogP contribution in [0.3, 0.4) is 0 Å². The predicted molar refractivity (Wildman–Crippen MR) is 67.8 cm³/mol. The largest absolute Gasteiger partial charge is 0.207 e. The van der Waals surface area contributed by atoms with Crippen molar-refractivity contribution < 1.29 is 8.78 Å². The highest BCUT2D eigenvalue weighted by Crippen LogP contribution is 2.36. The molecule has 0 saturated carbocycles. The lowest BCUT2D eigenvalue weighted by Crippen LogP contribution is -1.99. The topological polar surface area (TPSA) is 0 Å². The molecule has 0 aliphatic carbocycles. The van der Waals surface area contributed by atoms with Crippen molar-refractivity contribution in [1.82, 2.24) is 0 Å².